The summed E-state index contributed by atoms with van der Waals surface area (Å²) in [6.07, 6.45) is 14.6. The summed E-state index contributed by atoms with van der Waals surface area (Å²) in [7, 11) is -3.67. The first-order valence-electron chi connectivity index (χ1n) is 14.1. The monoisotopic (exact) mass is 579 g/mol. The molecule has 1 saturated heterocycles. The van der Waals surface area contributed by atoms with Gasteiger partial charge in [-0.1, -0.05) is 18.2 Å². The van der Waals surface area contributed by atoms with Gasteiger partial charge < -0.3 is 4.74 Å². The average molecular weight is 580 g/mol. The number of aromatic nitrogens is 4. The van der Waals surface area contributed by atoms with E-state index in [2.05, 4.69) is 33.2 Å². The Morgan fingerprint density at radius 2 is 1.80 bits per heavy atom. The maximum absolute atomic E-state index is 13.1. The second kappa shape index (κ2) is 12.7. The van der Waals surface area contributed by atoms with Crippen LogP contribution in [0.5, 0.6) is 0 Å². The molecule has 0 amide bonds. The van der Waals surface area contributed by atoms with Gasteiger partial charge >= 0.3 is 0 Å². The summed E-state index contributed by atoms with van der Waals surface area (Å²) in [6, 6.07) is 8.83. The summed E-state index contributed by atoms with van der Waals surface area (Å²) >= 11 is 0. The van der Waals surface area contributed by atoms with Crippen molar-refractivity contribution in [1.29, 1.82) is 0 Å². The molecule has 1 aliphatic heterocycles. The molecule has 2 aliphatic carbocycles. The molecular weight excluding hydrogens is 542 g/mol. The zero-order valence-corrected chi connectivity index (χ0v) is 24.4. The highest BCUT2D eigenvalue weighted by Crippen LogP contribution is 2.39. The fraction of sp³-hybridized carbons (Fsp3) is 0.467. The van der Waals surface area contributed by atoms with Gasteiger partial charge in [0.25, 0.3) is 10.1 Å². The standard InChI is InChI=1S/C29H33N5O2.CH4O3S/c1-20-26(19-32-34(20)29-11-7-24(18-31-29)22-3-4-22)28(35)16-21-2-10-27(30-17-21)23-5-8-25(9-6-23)33-12-14-36-15-13-33;1-5(2,3)4/h2,5,7,10-11,17-19,22,25H,3-4,6,8-9,12-16H2,1H3;1H3,(H,2,3,4). The van der Waals surface area contributed by atoms with E-state index in [9.17, 15) is 13.2 Å². The minimum atomic E-state index is -3.67. The lowest BCUT2D eigenvalue weighted by Gasteiger charge is -2.36. The van der Waals surface area contributed by atoms with E-state index in [1.807, 2.05) is 31.5 Å². The van der Waals surface area contributed by atoms with Gasteiger partial charge in [0.05, 0.1) is 42.6 Å². The summed E-state index contributed by atoms with van der Waals surface area (Å²) < 4.78 is 33.1. The lowest BCUT2D eigenvalue weighted by Crippen LogP contribution is -2.43. The molecule has 0 bridgehead atoms. The number of hydrogen-bond acceptors (Lipinski definition) is 8. The molecule has 1 atom stereocenters. The molecule has 0 aromatic carbocycles. The molecule has 2 fully saturated rings. The van der Waals surface area contributed by atoms with Gasteiger partial charge in [-0.2, -0.15) is 13.5 Å². The van der Waals surface area contributed by atoms with Gasteiger partial charge in [-0.15, -0.1) is 0 Å². The van der Waals surface area contributed by atoms with Crippen molar-refractivity contribution in [3.8, 4) is 5.82 Å². The fourth-order valence-corrected chi connectivity index (χ4v) is 5.42. The van der Waals surface area contributed by atoms with Gasteiger partial charge in [0.2, 0.25) is 0 Å². The van der Waals surface area contributed by atoms with Crippen LogP contribution in [0.15, 0.2) is 48.9 Å². The maximum atomic E-state index is 13.1. The molecule has 3 aliphatic rings. The molecule has 3 aromatic rings. The molecule has 1 unspecified atom stereocenters. The van der Waals surface area contributed by atoms with E-state index in [-0.39, 0.29) is 5.78 Å². The predicted molar refractivity (Wildman–Crippen MR) is 156 cm³/mol. The Bertz CT molecular complexity index is 1480. The number of pyridine rings is 2. The molecule has 10 nitrogen and oxygen atoms in total. The van der Waals surface area contributed by atoms with E-state index < -0.39 is 10.1 Å². The molecule has 1 saturated carbocycles. The molecule has 1 N–H and O–H groups in total. The van der Waals surface area contributed by atoms with Gasteiger partial charge in [0.1, 0.15) is 0 Å². The smallest absolute Gasteiger partial charge is 0.261 e. The summed E-state index contributed by atoms with van der Waals surface area (Å²) in [5, 5.41) is 4.45. The van der Waals surface area contributed by atoms with E-state index in [0.29, 0.717) is 30.2 Å². The van der Waals surface area contributed by atoms with E-state index in [1.54, 1.807) is 10.9 Å². The Kier molecular flexibility index (Phi) is 9.08. The Labute approximate surface area is 241 Å². The van der Waals surface area contributed by atoms with Crippen molar-refractivity contribution in [2.45, 2.75) is 57.4 Å². The minimum absolute atomic E-state index is 0.0492. The normalized spacial score (nSPS) is 19.7. The highest BCUT2D eigenvalue weighted by atomic mass is 32.2. The molecule has 218 valence electrons. The van der Waals surface area contributed by atoms with E-state index in [0.717, 1.165) is 68.3 Å². The predicted octanol–water partition coefficient (Wildman–Crippen LogP) is 4.05. The Hall–Kier alpha value is -3.25. The topological polar surface area (TPSA) is 128 Å². The zero-order chi connectivity index (χ0) is 29.0. The Morgan fingerprint density at radius 3 is 2.39 bits per heavy atom. The second-order valence-corrected chi connectivity index (χ2v) is 12.4. The second-order valence-electron chi connectivity index (χ2n) is 11.0. The van der Waals surface area contributed by atoms with Crippen LogP contribution >= 0.6 is 0 Å². The van der Waals surface area contributed by atoms with E-state index >= 15 is 0 Å². The van der Waals surface area contributed by atoms with Crippen LogP contribution in [0.1, 0.15) is 70.9 Å². The molecule has 0 radical (unpaired) electrons. The van der Waals surface area contributed by atoms with Crippen LogP contribution in [0.3, 0.4) is 0 Å². The van der Waals surface area contributed by atoms with Crippen LogP contribution in [0.4, 0.5) is 0 Å². The largest absolute Gasteiger partial charge is 0.379 e. The third-order valence-electron chi connectivity index (χ3n) is 7.81. The number of ketones is 1. The molecule has 3 aromatic heterocycles. The number of carbonyl (C=O) groups is 1. The van der Waals surface area contributed by atoms with Gasteiger partial charge in [-0.05, 0) is 73.8 Å². The number of nitrogens with zero attached hydrogens (tertiary/aromatic N) is 5. The van der Waals surface area contributed by atoms with Crippen molar-refractivity contribution < 1.29 is 22.5 Å². The first-order valence-corrected chi connectivity index (χ1v) is 15.9. The third kappa shape index (κ3) is 7.94. The highest BCUT2D eigenvalue weighted by molar-refractivity contribution is 7.85. The number of rotatable bonds is 7. The Balaban J connectivity index is 0.000000623. The van der Waals surface area contributed by atoms with Crippen LogP contribution in [0, 0.1) is 6.92 Å². The van der Waals surface area contributed by atoms with Crippen LogP contribution in [0.2, 0.25) is 0 Å². The zero-order valence-electron chi connectivity index (χ0n) is 23.6. The van der Waals surface area contributed by atoms with Crippen LogP contribution in [0.25, 0.3) is 11.4 Å². The maximum Gasteiger partial charge on any atom is 0.261 e. The summed E-state index contributed by atoms with van der Waals surface area (Å²) in [4.78, 5) is 24.9. The van der Waals surface area contributed by atoms with Crippen molar-refractivity contribution >= 4 is 21.5 Å². The molecule has 11 heteroatoms. The lowest BCUT2D eigenvalue weighted by molar-refractivity contribution is 0.0150. The summed E-state index contributed by atoms with van der Waals surface area (Å²) in [5.41, 5.74) is 6.00. The van der Waals surface area contributed by atoms with Crippen molar-refractivity contribution in [2.75, 3.05) is 32.6 Å². The van der Waals surface area contributed by atoms with E-state index in [4.69, 9.17) is 14.3 Å². The van der Waals surface area contributed by atoms with Crippen molar-refractivity contribution in [2.24, 2.45) is 0 Å². The fourth-order valence-electron chi connectivity index (χ4n) is 5.42. The molecular formula is C30H37N5O5S. The number of carbonyl (C=O) groups excluding carboxylic acids is 1. The molecule has 0 spiro atoms. The van der Waals surface area contributed by atoms with Crippen LogP contribution in [-0.4, -0.2) is 82.0 Å². The number of hydrogen-bond donors (Lipinski definition) is 1. The lowest BCUT2D eigenvalue weighted by atomic mass is 9.91. The van der Waals surface area contributed by atoms with Crippen LogP contribution in [-0.2, 0) is 21.3 Å². The summed E-state index contributed by atoms with van der Waals surface area (Å²) in [5.74, 6) is 1.47. The highest BCUT2D eigenvalue weighted by Gasteiger charge is 2.25. The van der Waals surface area contributed by atoms with Crippen LogP contribution < -0.4 is 0 Å². The van der Waals surface area contributed by atoms with Crippen molar-refractivity contribution in [3.63, 3.8) is 0 Å². The van der Waals surface area contributed by atoms with Gasteiger partial charge in [-0.3, -0.25) is 19.2 Å². The number of allylic oxidation sites excluding steroid dienone is 1. The quantitative estimate of drug-likeness (QED) is 0.326. The number of morpholine rings is 1. The van der Waals surface area contributed by atoms with Gasteiger partial charge in [0, 0.05) is 37.9 Å². The SMILES string of the molecule is CS(=O)(=O)O.Cc1c(C(=O)Cc2ccc(C3=CCC(N4CCOCC4)CC3)nc2)cnn1-c1ccc(C2CC2)cn1. The first kappa shape index (κ1) is 29.2. The molecule has 6 rings (SSSR count). The number of Topliss-reactive ketones (excluding diaryl/α,β-unsaturated/α-hetero) is 1. The van der Waals surface area contributed by atoms with Gasteiger partial charge in [-0.25, -0.2) is 9.67 Å². The van der Waals surface area contributed by atoms with Gasteiger partial charge in [0.15, 0.2) is 11.6 Å². The van der Waals surface area contributed by atoms with Crippen molar-refractivity contribution in [3.05, 3.63) is 77.0 Å². The van der Waals surface area contributed by atoms with Crippen molar-refractivity contribution in [1.82, 2.24) is 24.6 Å². The number of ether oxygens (including phenoxy) is 1. The Morgan fingerprint density at radius 1 is 1.05 bits per heavy atom. The summed E-state index contributed by atoms with van der Waals surface area (Å²) in [6.45, 7) is 5.70. The third-order valence-corrected chi connectivity index (χ3v) is 7.81. The minimum Gasteiger partial charge on any atom is -0.379 e. The molecule has 41 heavy (non-hydrogen) atoms. The molecule has 4 heterocycles. The average Bonchev–Trinajstić information content (AvgIpc) is 3.75. The van der Waals surface area contributed by atoms with E-state index in [1.165, 1.54) is 24.0 Å². The first-order chi connectivity index (χ1) is 19.7.